The van der Waals surface area contributed by atoms with Gasteiger partial charge < -0.3 is 19.7 Å². The predicted molar refractivity (Wildman–Crippen MR) is 176 cm³/mol. The van der Waals surface area contributed by atoms with Crippen LogP contribution in [0.1, 0.15) is 89.5 Å². The van der Waals surface area contributed by atoms with E-state index in [1.807, 2.05) is 18.2 Å². The summed E-state index contributed by atoms with van der Waals surface area (Å²) in [6.07, 6.45) is 17.7. The molecule has 3 rings (SSSR count). The van der Waals surface area contributed by atoms with Gasteiger partial charge in [0.1, 0.15) is 0 Å². The van der Waals surface area contributed by atoms with Crippen LogP contribution in [0, 0.1) is 0 Å². The quantitative estimate of drug-likeness (QED) is 0.144. The number of hydrogen-bond donors (Lipinski definition) is 1. The number of thioether (sulfide) groups is 1. The molecule has 0 aromatic heterocycles. The van der Waals surface area contributed by atoms with E-state index in [0.29, 0.717) is 23.1 Å². The van der Waals surface area contributed by atoms with E-state index in [-0.39, 0.29) is 29.5 Å². The number of carbonyl (C=O) groups excluding carboxylic acids is 1. The molecule has 0 atom stereocenters. The fraction of sp³-hybridized carbons (Fsp3) is 0.531. The number of amides is 1. The molecule has 0 spiro atoms. The number of benzene rings is 2. The molecule has 1 N–H and O–H groups in total. The highest BCUT2D eigenvalue weighted by atomic mass is 79.9. The minimum absolute atomic E-state index is 0. The zero-order chi connectivity index (χ0) is 27.5. The molecule has 1 aliphatic heterocycles. The molecule has 0 unspecified atom stereocenters. The average Bonchev–Trinajstić information content (AvgIpc) is 3.44. The van der Waals surface area contributed by atoms with Crippen LogP contribution in [-0.4, -0.2) is 29.9 Å². The zero-order valence-electron chi connectivity index (χ0n) is 23.9. The number of para-hydroxylation sites is 1. The molecule has 222 valence electrons. The molecule has 1 heterocycles. The average molecular weight is 654 g/mol. The summed E-state index contributed by atoms with van der Waals surface area (Å²) in [7, 11) is 0. The first-order valence-corrected chi connectivity index (χ1v) is 16.0. The van der Waals surface area contributed by atoms with Gasteiger partial charge in [-0.2, -0.15) is 0 Å². The van der Waals surface area contributed by atoms with Gasteiger partial charge in [0.2, 0.25) is 0 Å². The molecule has 0 saturated carbocycles. The van der Waals surface area contributed by atoms with E-state index in [4.69, 9.17) is 21.1 Å². The van der Waals surface area contributed by atoms with Gasteiger partial charge in [-0.05, 0) is 41.7 Å². The SMILES string of the molecule is Br.CCCCCCCCCCCCCCOc1c(Cl)cccc1OCC(=O)Nc1cccc(CN2C=CSC2)c1. The van der Waals surface area contributed by atoms with Gasteiger partial charge in [0.15, 0.2) is 18.1 Å². The van der Waals surface area contributed by atoms with E-state index in [9.17, 15) is 4.79 Å². The molecule has 0 radical (unpaired) electrons. The first-order valence-electron chi connectivity index (χ1n) is 14.6. The molecule has 1 aliphatic rings. The van der Waals surface area contributed by atoms with Gasteiger partial charge in [0.05, 0.1) is 17.5 Å². The molecule has 1 amide bonds. The smallest absolute Gasteiger partial charge is 0.262 e. The minimum atomic E-state index is -0.226. The Labute approximate surface area is 261 Å². The van der Waals surface area contributed by atoms with E-state index < -0.39 is 0 Å². The van der Waals surface area contributed by atoms with Crippen molar-refractivity contribution in [1.82, 2.24) is 4.90 Å². The fourth-order valence-corrected chi connectivity index (χ4v) is 5.53. The monoisotopic (exact) mass is 652 g/mol. The molecule has 40 heavy (non-hydrogen) atoms. The maximum absolute atomic E-state index is 12.6. The van der Waals surface area contributed by atoms with Crippen molar-refractivity contribution in [3.8, 4) is 11.5 Å². The maximum Gasteiger partial charge on any atom is 0.262 e. The Bertz CT molecular complexity index is 1020. The highest BCUT2D eigenvalue weighted by molar-refractivity contribution is 8.93. The summed E-state index contributed by atoms with van der Waals surface area (Å²) in [5.41, 5.74) is 1.90. The molecule has 2 aromatic carbocycles. The number of halogens is 2. The van der Waals surface area contributed by atoms with Gasteiger partial charge in [0.25, 0.3) is 5.91 Å². The first-order chi connectivity index (χ1) is 19.2. The van der Waals surface area contributed by atoms with E-state index in [2.05, 4.69) is 34.8 Å². The number of ether oxygens (including phenoxy) is 2. The summed E-state index contributed by atoms with van der Waals surface area (Å²) in [6.45, 7) is 3.54. The van der Waals surface area contributed by atoms with Crippen molar-refractivity contribution in [2.75, 3.05) is 24.4 Å². The van der Waals surface area contributed by atoms with E-state index in [0.717, 1.165) is 36.5 Å². The van der Waals surface area contributed by atoms with Crippen LogP contribution in [0.25, 0.3) is 0 Å². The largest absolute Gasteiger partial charge is 0.488 e. The van der Waals surface area contributed by atoms with E-state index in [1.54, 1.807) is 30.0 Å². The Kier molecular flexibility index (Phi) is 18.0. The summed E-state index contributed by atoms with van der Waals surface area (Å²) >= 11 is 8.17. The van der Waals surface area contributed by atoms with Gasteiger partial charge in [-0.25, -0.2) is 0 Å². The summed E-state index contributed by atoms with van der Waals surface area (Å²) in [6, 6.07) is 13.3. The maximum atomic E-state index is 12.6. The Morgan fingerprint density at radius 1 is 0.925 bits per heavy atom. The number of nitrogens with one attached hydrogen (secondary N) is 1. The van der Waals surface area contributed by atoms with Crippen molar-refractivity contribution in [3.05, 3.63) is 64.7 Å². The van der Waals surface area contributed by atoms with Gasteiger partial charge >= 0.3 is 0 Å². The summed E-state index contributed by atoms with van der Waals surface area (Å²) in [5, 5.41) is 5.51. The number of hydrogen-bond acceptors (Lipinski definition) is 5. The molecule has 5 nitrogen and oxygen atoms in total. The Morgan fingerprint density at radius 3 is 2.27 bits per heavy atom. The lowest BCUT2D eigenvalue weighted by Gasteiger charge is -2.16. The molecule has 0 aliphatic carbocycles. The standard InChI is InChI=1S/C32H45ClN2O3S.BrH/c1-2-3-4-5-6-7-8-9-10-11-12-13-21-37-32-29(33)18-15-19-30(32)38-25-31(36)34-28-17-14-16-27(23-28)24-35-20-22-39-26-35;/h14-20,22-23H,2-13,21,24-26H2,1H3,(H,34,36);1H. The normalized spacial score (nSPS) is 12.3. The topological polar surface area (TPSA) is 50.8 Å². The Hall–Kier alpha value is -1.83. The molecular formula is C32H46BrClN2O3S. The molecule has 2 aromatic rings. The molecule has 0 fully saturated rings. The fourth-order valence-electron chi connectivity index (χ4n) is 4.59. The third-order valence-corrected chi connectivity index (χ3v) is 7.83. The van der Waals surface area contributed by atoms with Gasteiger partial charge in [-0.3, -0.25) is 4.79 Å². The zero-order valence-corrected chi connectivity index (χ0v) is 27.2. The van der Waals surface area contributed by atoms with Crippen molar-refractivity contribution in [3.63, 3.8) is 0 Å². The highest BCUT2D eigenvalue weighted by Crippen LogP contribution is 2.35. The minimum Gasteiger partial charge on any atom is -0.488 e. The summed E-state index contributed by atoms with van der Waals surface area (Å²) in [5.74, 6) is 1.72. The number of rotatable bonds is 20. The second-order valence-electron chi connectivity index (χ2n) is 10.2. The van der Waals surface area contributed by atoms with E-state index in [1.165, 1.54) is 64.2 Å². The predicted octanol–water partition coefficient (Wildman–Crippen LogP) is 9.99. The molecule has 0 bridgehead atoms. The molecular weight excluding hydrogens is 608 g/mol. The Balaban J connectivity index is 0.00000560. The van der Waals surface area contributed by atoms with Gasteiger partial charge in [0, 0.05) is 18.4 Å². The van der Waals surface area contributed by atoms with Gasteiger partial charge in [-0.1, -0.05) is 107 Å². The second kappa shape index (κ2) is 21.0. The second-order valence-corrected chi connectivity index (χ2v) is 11.4. The van der Waals surface area contributed by atoms with Crippen molar-refractivity contribution >= 4 is 51.9 Å². The Morgan fingerprint density at radius 2 is 1.60 bits per heavy atom. The number of anilines is 1. The highest BCUT2D eigenvalue weighted by Gasteiger charge is 2.13. The van der Waals surface area contributed by atoms with Crippen molar-refractivity contribution in [2.24, 2.45) is 0 Å². The van der Waals surface area contributed by atoms with Crippen LogP contribution in [0.4, 0.5) is 5.69 Å². The lowest BCUT2D eigenvalue weighted by Crippen LogP contribution is -2.20. The number of nitrogens with zero attached hydrogens (tertiary/aromatic N) is 1. The first kappa shape index (κ1) is 34.4. The van der Waals surface area contributed by atoms with Crippen LogP contribution < -0.4 is 14.8 Å². The molecule has 0 saturated heterocycles. The number of carbonyl (C=O) groups is 1. The van der Waals surface area contributed by atoms with Crippen LogP contribution in [-0.2, 0) is 11.3 Å². The van der Waals surface area contributed by atoms with Gasteiger partial charge in [-0.15, -0.1) is 28.7 Å². The van der Waals surface area contributed by atoms with Crippen LogP contribution in [0.5, 0.6) is 11.5 Å². The van der Waals surface area contributed by atoms with E-state index >= 15 is 0 Å². The van der Waals surface area contributed by atoms with Crippen LogP contribution in [0.15, 0.2) is 54.1 Å². The molecule has 8 heteroatoms. The third kappa shape index (κ3) is 13.7. The lowest BCUT2D eigenvalue weighted by atomic mass is 10.1. The third-order valence-electron chi connectivity index (χ3n) is 6.74. The summed E-state index contributed by atoms with van der Waals surface area (Å²) in [4.78, 5) is 14.8. The van der Waals surface area contributed by atoms with Crippen LogP contribution >= 0.6 is 40.3 Å². The van der Waals surface area contributed by atoms with Crippen molar-refractivity contribution in [1.29, 1.82) is 0 Å². The lowest BCUT2D eigenvalue weighted by molar-refractivity contribution is -0.118. The van der Waals surface area contributed by atoms with Crippen LogP contribution in [0.2, 0.25) is 5.02 Å². The van der Waals surface area contributed by atoms with Crippen molar-refractivity contribution < 1.29 is 14.3 Å². The number of unbranched alkanes of at least 4 members (excludes halogenated alkanes) is 11. The van der Waals surface area contributed by atoms with Crippen molar-refractivity contribution in [2.45, 2.75) is 90.5 Å². The summed E-state index contributed by atoms with van der Waals surface area (Å²) < 4.78 is 11.8. The van der Waals surface area contributed by atoms with Crippen LogP contribution in [0.3, 0.4) is 0 Å².